The summed E-state index contributed by atoms with van der Waals surface area (Å²) in [5.74, 6) is 0.523. The largest absolute Gasteiger partial charge is 0.494 e. The van der Waals surface area contributed by atoms with Crippen molar-refractivity contribution in [3.63, 3.8) is 0 Å². The van der Waals surface area contributed by atoms with Crippen LogP contribution in [0.3, 0.4) is 0 Å². The molecular weight excluding hydrogens is 420 g/mol. The van der Waals surface area contributed by atoms with Crippen LogP contribution in [0.1, 0.15) is 41.6 Å². The predicted molar refractivity (Wildman–Crippen MR) is 127 cm³/mol. The van der Waals surface area contributed by atoms with E-state index in [1.165, 1.54) is 11.8 Å². The fourth-order valence-corrected chi connectivity index (χ4v) is 4.06. The lowest BCUT2D eigenvalue weighted by Gasteiger charge is -2.12. The minimum absolute atomic E-state index is 0.206. The van der Waals surface area contributed by atoms with Crippen molar-refractivity contribution in [1.82, 2.24) is 0 Å². The minimum atomic E-state index is -0.206. The van der Waals surface area contributed by atoms with Crippen LogP contribution >= 0.6 is 11.8 Å². The summed E-state index contributed by atoms with van der Waals surface area (Å²) in [4.78, 5) is 14.5. The van der Waals surface area contributed by atoms with Gasteiger partial charge >= 0.3 is 0 Å². The molecule has 0 saturated carbocycles. The van der Waals surface area contributed by atoms with Crippen molar-refractivity contribution in [2.75, 3.05) is 18.5 Å². The Kier molecular flexibility index (Phi) is 9.18. The SMILES string of the molecule is N#Cc1ccccc1Sc1ccccc1NC(=O)c1ccc(OCCCCCCO)cc1. The molecule has 1 amide bonds. The van der Waals surface area contributed by atoms with Gasteiger partial charge in [-0.2, -0.15) is 5.26 Å². The van der Waals surface area contributed by atoms with Gasteiger partial charge in [0.05, 0.1) is 17.9 Å². The van der Waals surface area contributed by atoms with Crippen molar-refractivity contribution in [1.29, 1.82) is 5.26 Å². The number of nitriles is 1. The van der Waals surface area contributed by atoms with E-state index >= 15 is 0 Å². The molecule has 0 spiro atoms. The van der Waals surface area contributed by atoms with Crippen molar-refractivity contribution in [3.8, 4) is 11.8 Å². The Morgan fingerprint density at radius 1 is 0.906 bits per heavy atom. The lowest BCUT2D eigenvalue weighted by molar-refractivity contribution is 0.102. The molecule has 0 saturated heterocycles. The molecule has 164 valence electrons. The van der Waals surface area contributed by atoms with Crippen LogP contribution in [-0.4, -0.2) is 24.2 Å². The summed E-state index contributed by atoms with van der Waals surface area (Å²) in [6.45, 7) is 0.854. The number of hydrogen-bond acceptors (Lipinski definition) is 5. The molecule has 0 aromatic heterocycles. The highest BCUT2D eigenvalue weighted by molar-refractivity contribution is 7.99. The molecule has 0 aliphatic carbocycles. The van der Waals surface area contributed by atoms with Gasteiger partial charge in [-0.25, -0.2) is 0 Å². The fraction of sp³-hybridized carbons (Fsp3) is 0.231. The highest BCUT2D eigenvalue weighted by Gasteiger charge is 2.12. The Balaban J connectivity index is 1.60. The van der Waals surface area contributed by atoms with Gasteiger partial charge in [-0.05, 0) is 67.8 Å². The molecule has 3 aromatic carbocycles. The van der Waals surface area contributed by atoms with E-state index in [0.29, 0.717) is 23.4 Å². The van der Waals surface area contributed by atoms with Crippen LogP contribution in [0.5, 0.6) is 5.75 Å². The highest BCUT2D eigenvalue weighted by atomic mass is 32.2. The molecule has 0 radical (unpaired) electrons. The quantitative estimate of drug-likeness (QED) is 0.359. The molecule has 3 rings (SSSR count). The Hall–Kier alpha value is -3.27. The maximum Gasteiger partial charge on any atom is 0.255 e. The number of rotatable bonds is 11. The van der Waals surface area contributed by atoms with Crippen LogP contribution in [-0.2, 0) is 0 Å². The molecule has 0 fully saturated rings. The first kappa shape index (κ1) is 23.4. The van der Waals surface area contributed by atoms with Crippen molar-refractivity contribution in [3.05, 3.63) is 83.9 Å². The minimum Gasteiger partial charge on any atom is -0.494 e. The smallest absolute Gasteiger partial charge is 0.255 e. The van der Waals surface area contributed by atoms with E-state index in [2.05, 4.69) is 11.4 Å². The van der Waals surface area contributed by atoms with Gasteiger partial charge in [0.2, 0.25) is 0 Å². The van der Waals surface area contributed by atoms with E-state index in [1.807, 2.05) is 42.5 Å². The molecular formula is C26H26N2O3S. The number of aliphatic hydroxyl groups excluding tert-OH is 1. The number of nitrogens with one attached hydrogen (secondary N) is 1. The van der Waals surface area contributed by atoms with Crippen molar-refractivity contribution in [2.24, 2.45) is 0 Å². The summed E-state index contributed by atoms with van der Waals surface area (Å²) in [5, 5.41) is 21.1. The number of carbonyl (C=O) groups excluding carboxylic acids is 1. The van der Waals surface area contributed by atoms with Gasteiger partial charge in [-0.15, -0.1) is 0 Å². The van der Waals surface area contributed by atoms with Crippen molar-refractivity contribution >= 4 is 23.4 Å². The second-order valence-corrected chi connectivity index (χ2v) is 8.25. The van der Waals surface area contributed by atoms with Crippen LogP contribution in [0.4, 0.5) is 5.69 Å². The van der Waals surface area contributed by atoms with Crippen LogP contribution < -0.4 is 10.1 Å². The zero-order valence-electron chi connectivity index (χ0n) is 17.8. The van der Waals surface area contributed by atoms with E-state index < -0.39 is 0 Å². The molecule has 3 aromatic rings. The van der Waals surface area contributed by atoms with Gasteiger partial charge < -0.3 is 15.2 Å². The molecule has 32 heavy (non-hydrogen) atoms. The van der Waals surface area contributed by atoms with Gasteiger partial charge in [0.15, 0.2) is 0 Å². The number of anilines is 1. The maximum atomic E-state index is 12.8. The van der Waals surface area contributed by atoms with Crippen LogP contribution in [0.25, 0.3) is 0 Å². The molecule has 5 nitrogen and oxygen atoms in total. The lowest BCUT2D eigenvalue weighted by Crippen LogP contribution is -2.12. The van der Waals surface area contributed by atoms with Gasteiger partial charge in [0.1, 0.15) is 11.8 Å². The Morgan fingerprint density at radius 3 is 2.34 bits per heavy atom. The third-order valence-corrected chi connectivity index (χ3v) is 5.95. The van der Waals surface area contributed by atoms with E-state index in [9.17, 15) is 10.1 Å². The zero-order valence-corrected chi connectivity index (χ0v) is 18.6. The van der Waals surface area contributed by atoms with Gasteiger partial charge in [0, 0.05) is 22.0 Å². The predicted octanol–water partition coefficient (Wildman–Crippen LogP) is 5.89. The summed E-state index contributed by atoms with van der Waals surface area (Å²) in [7, 11) is 0. The average Bonchev–Trinajstić information content (AvgIpc) is 2.83. The number of para-hydroxylation sites is 1. The zero-order chi connectivity index (χ0) is 22.6. The third-order valence-electron chi connectivity index (χ3n) is 4.80. The van der Waals surface area contributed by atoms with E-state index in [4.69, 9.17) is 9.84 Å². The molecule has 2 N–H and O–H groups in total. The average molecular weight is 447 g/mol. The van der Waals surface area contributed by atoms with E-state index in [0.717, 1.165) is 41.2 Å². The topological polar surface area (TPSA) is 82.4 Å². The summed E-state index contributed by atoms with van der Waals surface area (Å²) >= 11 is 1.45. The number of benzene rings is 3. The third kappa shape index (κ3) is 6.88. The molecule has 0 heterocycles. The van der Waals surface area contributed by atoms with Gasteiger partial charge in [-0.1, -0.05) is 42.4 Å². The summed E-state index contributed by atoms with van der Waals surface area (Å²) < 4.78 is 5.72. The second-order valence-electron chi connectivity index (χ2n) is 7.17. The van der Waals surface area contributed by atoms with Crippen LogP contribution in [0.15, 0.2) is 82.6 Å². The van der Waals surface area contributed by atoms with Crippen LogP contribution in [0, 0.1) is 11.3 Å². The molecule has 0 aliphatic rings. The maximum absolute atomic E-state index is 12.8. The molecule has 6 heteroatoms. The van der Waals surface area contributed by atoms with E-state index in [-0.39, 0.29) is 12.5 Å². The number of nitrogens with zero attached hydrogens (tertiary/aromatic N) is 1. The Labute approximate surface area is 193 Å². The highest BCUT2D eigenvalue weighted by Crippen LogP contribution is 2.35. The standard InChI is InChI=1S/C26H26N2O3S/c27-19-21-9-3-5-11-24(21)32-25-12-6-4-10-23(25)28-26(30)20-13-15-22(16-14-20)31-18-8-2-1-7-17-29/h3-6,9-16,29H,1-2,7-8,17-18H2,(H,28,30). The number of unbranched alkanes of at least 4 members (excludes halogenated alkanes) is 3. The fourth-order valence-electron chi connectivity index (χ4n) is 3.08. The molecule has 0 unspecified atom stereocenters. The Morgan fingerprint density at radius 2 is 1.59 bits per heavy atom. The first-order valence-corrected chi connectivity index (χ1v) is 11.4. The first-order chi connectivity index (χ1) is 15.7. The molecule has 0 atom stereocenters. The van der Waals surface area contributed by atoms with Gasteiger partial charge in [0.25, 0.3) is 5.91 Å². The monoisotopic (exact) mass is 446 g/mol. The van der Waals surface area contributed by atoms with E-state index in [1.54, 1.807) is 30.3 Å². The number of hydrogen-bond donors (Lipinski definition) is 2. The summed E-state index contributed by atoms with van der Waals surface area (Å²) in [6.07, 6.45) is 3.79. The first-order valence-electron chi connectivity index (χ1n) is 10.6. The molecule has 0 bridgehead atoms. The number of ether oxygens (including phenoxy) is 1. The summed E-state index contributed by atoms with van der Waals surface area (Å²) in [5.41, 5.74) is 1.83. The second kappa shape index (κ2) is 12.6. The van der Waals surface area contributed by atoms with Crippen molar-refractivity contribution < 1.29 is 14.6 Å². The summed E-state index contributed by atoms with van der Waals surface area (Å²) in [6, 6.07) is 24.2. The Bertz CT molecular complexity index is 1060. The van der Waals surface area contributed by atoms with Crippen LogP contribution in [0.2, 0.25) is 0 Å². The number of carbonyl (C=O) groups is 1. The van der Waals surface area contributed by atoms with Gasteiger partial charge in [-0.3, -0.25) is 4.79 Å². The molecule has 0 aliphatic heterocycles. The normalized spacial score (nSPS) is 10.4. The lowest BCUT2D eigenvalue weighted by atomic mass is 10.2. The van der Waals surface area contributed by atoms with Crippen molar-refractivity contribution in [2.45, 2.75) is 35.5 Å². The number of amides is 1. The number of aliphatic hydroxyl groups is 1.